The second-order valence-corrected chi connectivity index (χ2v) is 6.28. The van der Waals surface area contributed by atoms with E-state index in [4.69, 9.17) is 14.6 Å². The van der Waals surface area contributed by atoms with Crippen molar-refractivity contribution in [2.24, 2.45) is 5.41 Å². The van der Waals surface area contributed by atoms with Crippen LogP contribution in [0.3, 0.4) is 0 Å². The zero-order valence-electron chi connectivity index (χ0n) is 12.0. The summed E-state index contributed by atoms with van der Waals surface area (Å²) in [5.41, 5.74) is 1.22. The van der Waals surface area contributed by atoms with Gasteiger partial charge in [0.05, 0.1) is 43.2 Å². The van der Waals surface area contributed by atoms with E-state index >= 15 is 0 Å². The van der Waals surface area contributed by atoms with Gasteiger partial charge in [-0.15, -0.1) is 0 Å². The number of rotatable bonds is 3. The van der Waals surface area contributed by atoms with Gasteiger partial charge in [0.25, 0.3) is 0 Å². The maximum atomic E-state index is 14.4. The van der Waals surface area contributed by atoms with Crippen LogP contribution in [0, 0.1) is 11.2 Å². The third-order valence-electron chi connectivity index (χ3n) is 4.53. The number of amides is 1. The highest BCUT2D eigenvalue weighted by atomic mass is 19.1. The predicted molar refractivity (Wildman–Crippen MR) is 76.6 cm³/mol. The Morgan fingerprint density at radius 2 is 2.14 bits per heavy atom. The lowest BCUT2D eigenvalue weighted by molar-refractivity contribution is -0.127. The van der Waals surface area contributed by atoms with Crippen LogP contribution in [-0.2, 0) is 9.47 Å². The minimum Gasteiger partial charge on any atom is -0.441 e. The van der Waals surface area contributed by atoms with Crippen LogP contribution < -0.4 is 9.80 Å². The number of ether oxygens (including phenoxy) is 2. The first-order valence-corrected chi connectivity index (χ1v) is 7.31. The molecule has 1 unspecified atom stereocenters. The topological polar surface area (TPSA) is 62.2 Å². The van der Waals surface area contributed by atoms with Crippen LogP contribution in [0.4, 0.5) is 20.6 Å². The summed E-state index contributed by atoms with van der Waals surface area (Å²) in [6.07, 6.45) is -1.11. The van der Waals surface area contributed by atoms with Gasteiger partial charge in [-0.1, -0.05) is 0 Å². The Morgan fingerprint density at radius 1 is 1.36 bits per heavy atom. The summed E-state index contributed by atoms with van der Waals surface area (Å²) in [7, 11) is 0. The van der Waals surface area contributed by atoms with E-state index in [1.807, 2.05) is 4.90 Å². The predicted octanol–water partition coefficient (Wildman–Crippen LogP) is 0.980. The van der Waals surface area contributed by atoms with E-state index in [1.165, 1.54) is 11.0 Å². The minimum atomic E-state index is -0.555. The van der Waals surface area contributed by atoms with Crippen molar-refractivity contribution in [2.75, 3.05) is 49.3 Å². The molecule has 0 saturated carbocycles. The third kappa shape index (κ3) is 2.04. The van der Waals surface area contributed by atoms with Crippen LogP contribution in [-0.4, -0.2) is 56.8 Å². The van der Waals surface area contributed by atoms with E-state index in [-0.39, 0.29) is 24.4 Å². The Morgan fingerprint density at radius 3 is 2.68 bits per heavy atom. The lowest BCUT2D eigenvalue weighted by Crippen LogP contribution is -2.66. The molecule has 0 radical (unpaired) electrons. The molecule has 1 atom stereocenters. The second-order valence-electron chi connectivity index (χ2n) is 6.28. The van der Waals surface area contributed by atoms with E-state index < -0.39 is 12.2 Å². The highest BCUT2D eigenvalue weighted by Gasteiger charge is 2.49. The maximum Gasteiger partial charge on any atom is 0.414 e. The molecule has 0 aliphatic carbocycles. The van der Waals surface area contributed by atoms with Gasteiger partial charge in [-0.05, 0) is 18.2 Å². The average molecular weight is 308 g/mol. The van der Waals surface area contributed by atoms with Crippen LogP contribution in [0.2, 0.25) is 0 Å². The summed E-state index contributed by atoms with van der Waals surface area (Å²) in [5.74, 6) is -0.354. The van der Waals surface area contributed by atoms with Crippen molar-refractivity contribution < 1.29 is 23.8 Å². The van der Waals surface area contributed by atoms with Crippen LogP contribution in [0.25, 0.3) is 0 Å². The van der Waals surface area contributed by atoms with Gasteiger partial charge in [0.2, 0.25) is 0 Å². The van der Waals surface area contributed by atoms with Crippen molar-refractivity contribution in [3.63, 3.8) is 0 Å². The number of cyclic esters (lactones) is 1. The first-order valence-electron chi connectivity index (χ1n) is 7.31. The molecule has 1 aromatic rings. The number of benzene rings is 1. The van der Waals surface area contributed by atoms with E-state index in [0.29, 0.717) is 11.4 Å². The Bertz CT molecular complexity index is 612. The molecule has 118 valence electrons. The molecule has 0 aromatic heterocycles. The SMILES string of the molecule is O=C1OC(CO)CN1c1ccc(N2CC3(COC3)C2)c(F)c1. The summed E-state index contributed by atoms with van der Waals surface area (Å²) in [4.78, 5) is 15.0. The molecule has 3 heterocycles. The van der Waals surface area contributed by atoms with Gasteiger partial charge in [0.1, 0.15) is 11.9 Å². The summed E-state index contributed by atoms with van der Waals surface area (Å²) < 4.78 is 24.5. The van der Waals surface area contributed by atoms with Gasteiger partial charge >= 0.3 is 6.09 Å². The summed E-state index contributed by atoms with van der Waals surface area (Å²) in [6.45, 7) is 3.12. The Kier molecular flexibility index (Phi) is 3.02. The fourth-order valence-corrected chi connectivity index (χ4v) is 3.25. The summed E-state index contributed by atoms with van der Waals surface area (Å²) in [6, 6.07) is 4.75. The quantitative estimate of drug-likeness (QED) is 0.902. The van der Waals surface area contributed by atoms with Crippen LogP contribution in [0.1, 0.15) is 0 Å². The molecule has 1 aromatic carbocycles. The van der Waals surface area contributed by atoms with E-state index in [1.54, 1.807) is 12.1 Å². The van der Waals surface area contributed by atoms with Crippen molar-refractivity contribution >= 4 is 17.5 Å². The van der Waals surface area contributed by atoms with Crippen molar-refractivity contribution in [1.82, 2.24) is 0 Å². The molecule has 0 bridgehead atoms. The largest absolute Gasteiger partial charge is 0.441 e. The fraction of sp³-hybridized carbons (Fsp3) is 0.533. The minimum absolute atomic E-state index is 0.220. The Hall–Kier alpha value is -1.86. The number of anilines is 2. The van der Waals surface area contributed by atoms with Gasteiger partial charge in [-0.2, -0.15) is 0 Å². The average Bonchev–Trinajstić information content (AvgIpc) is 2.78. The number of nitrogens with zero attached hydrogens (tertiary/aromatic N) is 2. The zero-order valence-corrected chi connectivity index (χ0v) is 12.0. The zero-order chi connectivity index (χ0) is 15.3. The molecular weight excluding hydrogens is 291 g/mol. The van der Waals surface area contributed by atoms with Crippen LogP contribution >= 0.6 is 0 Å². The normalized spacial score (nSPS) is 25.9. The highest BCUT2D eigenvalue weighted by Crippen LogP contribution is 2.41. The standard InChI is InChI=1S/C15H17FN2O4/c16-12-3-10(18-4-11(5-19)22-14(18)20)1-2-13(12)17-6-15(7-17)8-21-9-15/h1-3,11,19H,4-9H2. The first kappa shape index (κ1) is 13.8. The second kappa shape index (κ2) is 4.82. The van der Waals surface area contributed by atoms with Gasteiger partial charge in [0.15, 0.2) is 0 Å². The smallest absolute Gasteiger partial charge is 0.414 e. The van der Waals surface area contributed by atoms with E-state index in [0.717, 1.165) is 26.3 Å². The van der Waals surface area contributed by atoms with Crippen molar-refractivity contribution in [3.05, 3.63) is 24.0 Å². The molecule has 3 saturated heterocycles. The Labute approximate surface area is 127 Å². The van der Waals surface area contributed by atoms with E-state index in [2.05, 4.69) is 0 Å². The number of carbonyl (C=O) groups is 1. The molecule has 7 heteroatoms. The third-order valence-corrected chi connectivity index (χ3v) is 4.53. The molecule has 4 rings (SSSR count). The van der Waals surface area contributed by atoms with Crippen molar-refractivity contribution in [2.45, 2.75) is 6.10 Å². The molecule has 3 fully saturated rings. The summed E-state index contributed by atoms with van der Waals surface area (Å²) in [5, 5.41) is 9.04. The molecule has 1 amide bonds. The number of hydrogen-bond acceptors (Lipinski definition) is 5. The monoisotopic (exact) mass is 308 g/mol. The molecule has 3 aliphatic rings. The van der Waals surface area contributed by atoms with Crippen molar-refractivity contribution in [3.8, 4) is 0 Å². The van der Waals surface area contributed by atoms with E-state index in [9.17, 15) is 9.18 Å². The van der Waals surface area contributed by atoms with Gasteiger partial charge in [-0.25, -0.2) is 9.18 Å². The number of hydrogen-bond donors (Lipinski definition) is 1. The molecule has 1 N–H and O–H groups in total. The molecule has 22 heavy (non-hydrogen) atoms. The van der Waals surface area contributed by atoms with Gasteiger partial charge < -0.3 is 19.5 Å². The number of halogens is 1. The first-order chi connectivity index (χ1) is 10.6. The molecule has 3 aliphatic heterocycles. The van der Waals surface area contributed by atoms with Crippen LogP contribution in [0.5, 0.6) is 0 Å². The number of aliphatic hydroxyl groups is 1. The Balaban J connectivity index is 1.50. The lowest BCUT2D eigenvalue weighted by Gasteiger charge is -2.56. The molecule has 1 spiro atoms. The number of aliphatic hydroxyl groups excluding tert-OH is 1. The lowest BCUT2D eigenvalue weighted by atomic mass is 9.78. The summed E-state index contributed by atoms with van der Waals surface area (Å²) >= 11 is 0. The highest BCUT2D eigenvalue weighted by molar-refractivity contribution is 5.90. The number of carbonyl (C=O) groups excluding carboxylic acids is 1. The maximum absolute atomic E-state index is 14.4. The fourth-order valence-electron chi connectivity index (χ4n) is 3.25. The van der Waals surface area contributed by atoms with Crippen LogP contribution in [0.15, 0.2) is 18.2 Å². The molecule has 6 nitrogen and oxygen atoms in total. The van der Waals surface area contributed by atoms with Gasteiger partial charge in [-0.3, -0.25) is 4.90 Å². The van der Waals surface area contributed by atoms with Crippen molar-refractivity contribution in [1.29, 1.82) is 0 Å². The van der Waals surface area contributed by atoms with Gasteiger partial charge in [0, 0.05) is 13.1 Å². The molecular formula is C15H17FN2O4.